The van der Waals surface area contributed by atoms with Crippen LogP contribution in [-0.4, -0.2) is 35.9 Å². The molecule has 0 fully saturated rings. The van der Waals surface area contributed by atoms with Crippen molar-refractivity contribution >= 4 is 17.2 Å². The molecule has 0 saturated heterocycles. The standard InChI is InChI=1S/C11H16N4OS/c1-8(5-13)6-15(2)11(16)9-7-17-10(14-9)3-4-12/h7-8H,3-4,6,12H2,1-2H3. The Morgan fingerprint density at radius 1 is 1.76 bits per heavy atom. The van der Waals surface area contributed by atoms with Gasteiger partial charge in [-0.3, -0.25) is 4.79 Å². The van der Waals surface area contributed by atoms with Gasteiger partial charge in [-0.25, -0.2) is 4.98 Å². The highest BCUT2D eigenvalue weighted by Crippen LogP contribution is 2.12. The molecule has 0 aliphatic carbocycles. The topological polar surface area (TPSA) is 83.0 Å². The van der Waals surface area contributed by atoms with Crippen LogP contribution in [0, 0.1) is 17.2 Å². The second-order valence-corrected chi connectivity index (χ2v) is 4.82. The van der Waals surface area contributed by atoms with Crippen molar-refractivity contribution in [1.29, 1.82) is 5.26 Å². The minimum atomic E-state index is -0.175. The molecule has 92 valence electrons. The largest absolute Gasteiger partial charge is 0.339 e. The summed E-state index contributed by atoms with van der Waals surface area (Å²) >= 11 is 1.44. The maximum Gasteiger partial charge on any atom is 0.273 e. The summed E-state index contributed by atoms with van der Waals surface area (Å²) in [5.41, 5.74) is 5.86. The monoisotopic (exact) mass is 252 g/mol. The number of carbonyl (C=O) groups is 1. The van der Waals surface area contributed by atoms with E-state index in [0.29, 0.717) is 25.2 Å². The van der Waals surface area contributed by atoms with Gasteiger partial charge in [-0.15, -0.1) is 11.3 Å². The summed E-state index contributed by atoms with van der Waals surface area (Å²) in [5.74, 6) is -0.322. The Bertz CT molecular complexity index is 423. The Hall–Kier alpha value is -1.45. The lowest BCUT2D eigenvalue weighted by Gasteiger charge is -2.16. The molecule has 0 aromatic carbocycles. The predicted octanol–water partition coefficient (Wildman–Crippen LogP) is 0.876. The molecule has 1 unspecified atom stereocenters. The second-order valence-electron chi connectivity index (χ2n) is 3.88. The molecule has 0 radical (unpaired) electrons. The van der Waals surface area contributed by atoms with Crippen molar-refractivity contribution in [2.45, 2.75) is 13.3 Å². The van der Waals surface area contributed by atoms with E-state index in [1.165, 1.54) is 16.2 Å². The molecule has 0 spiro atoms. The van der Waals surface area contributed by atoms with E-state index in [4.69, 9.17) is 11.0 Å². The number of thiazole rings is 1. The van der Waals surface area contributed by atoms with Crippen molar-refractivity contribution < 1.29 is 4.79 Å². The van der Waals surface area contributed by atoms with Gasteiger partial charge in [0.15, 0.2) is 0 Å². The highest BCUT2D eigenvalue weighted by atomic mass is 32.1. The maximum atomic E-state index is 11.9. The van der Waals surface area contributed by atoms with Crippen LogP contribution < -0.4 is 5.73 Å². The molecule has 1 aromatic heterocycles. The first-order valence-electron chi connectivity index (χ1n) is 5.38. The van der Waals surface area contributed by atoms with E-state index < -0.39 is 0 Å². The van der Waals surface area contributed by atoms with E-state index in [0.717, 1.165) is 5.01 Å². The molecule has 0 aliphatic rings. The molecule has 1 heterocycles. The lowest BCUT2D eigenvalue weighted by Crippen LogP contribution is -2.30. The van der Waals surface area contributed by atoms with Crippen molar-refractivity contribution in [1.82, 2.24) is 9.88 Å². The van der Waals surface area contributed by atoms with Crippen LogP contribution in [0.3, 0.4) is 0 Å². The number of rotatable bonds is 5. The number of nitriles is 1. The van der Waals surface area contributed by atoms with Crippen molar-refractivity contribution in [2.24, 2.45) is 11.7 Å². The minimum absolute atomic E-state index is 0.147. The van der Waals surface area contributed by atoms with Crippen LogP contribution in [0.2, 0.25) is 0 Å². The number of hydrogen-bond acceptors (Lipinski definition) is 5. The smallest absolute Gasteiger partial charge is 0.273 e. The SMILES string of the molecule is CC(C#N)CN(C)C(=O)c1csc(CCN)n1. The summed E-state index contributed by atoms with van der Waals surface area (Å²) in [7, 11) is 1.68. The van der Waals surface area contributed by atoms with Crippen molar-refractivity contribution in [3.8, 4) is 6.07 Å². The molecule has 1 aromatic rings. The summed E-state index contributed by atoms with van der Waals surface area (Å²) < 4.78 is 0. The van der Waals surface area contributed by atoms with Crippen LogP contribution in [-0.2, 0) is 6.42 Å². The molecular formula is C11H16N4OS. The molecule has 1 rings (SSSR count). The van der Waals surface area contributed by atoms with Crippen LogP contribution in [0.1, 0.15) is 22.4 Å². The van der Waals surface area contributed by atoms with Gasteiger partial charge in [-0.2, -0.15) is 5.26 Å². The van der Waals surface area contributed by atoms with Gasteiger partial charge >= 0.3 is 0 Å². The van der Waals surface area contributed by atoms with E-state index in [1.54, 1.807) is 19.4 Å². The predicted molar refractivity (Wildman–Crippen MR) is 66.6 cm³/mol. The summed E-state index contributed by atoms with van der Waals surface area (Å²) in [6, 6.07) is 2.10. The lowest BCUT2D eigenvalue weighted by molar-refractivity contribution is 0.0780. The average molecular weight is 252 g/mol. The van der Waals surface area contributed by atoms with Crippen LogP contribution >= 0.6 is 11.3 Å². The van der Waals surface area contributed by atoms with E-state index in [2.05, 4.69) is 11.1 Å². The number of amides is 1. The molecule has 6 heteroatoms. The number of aromatic nitrogens is 1. The van der Waals surface area contributed by atoms with Gasteiger partial charge in [-0.1, -0.05) is 0 Å². The van der Waals surface area contributed by atoms with Crippen molar-refractivity contribution in [3.63, 3.8) is 0 Å². The molecule has 0 saturated carbocycles. The molecule has 2 N–H and O–H groups in total. The van der Waals surface area contributed by atoms with Crippen molar-refractivity contribution in [2.75, 3.05) is 20.1 Å². The zero-order valence-corrected chi connectivity index (χ0v) is 10.8. The number of nitrogens with zero attached hydrogens (tertiary/aromatic N) is 3. The fraction of sp³-hybridized carbons (Fsp3) is 0.545. The molecule has 1 atom stereocenters. The highest BCUT2D eigenvalue weighted by Gasteiger charge is 2.16. The third-order valence-electron chi connectivity index (χ3n) is 2.24. The average Bonchev–Trinajstić information content (AvgIpc) is 2.76. The van der Waals surface area contributed by atoms with Crippen LogP contribution in [0.5, 0.6) is 0 Å². The van der Waals surface area contributed by atoms with Crippen LogP contribution in [0.4, 0.5) is 0 Å². The molecule has 5 nitrogen and oxygen atoms in total. The second kappa shape index (κ2) is 6.33. The van der Waals surface area contributed by atoms with Gasteiger partial charge in [-0.05, 0) is 13.5 Å². The van der Waals surface area contributed by atoms with Gasteiger partial charge in [0, 0.05) is 25.4 Å². The van der Waals surface area contributed by atoms with Gasteiger partial charge in [0.25, 0.3) is 5.91 Å². The minimum Gasteiger partial charge on any atom is -0.339 e. The summed E-state index contributed by atoms with van der Waals surface area (Å²) in [5, 5.41) is 11.3. The third kappa shape index (κ3) is 3.80. The molecule has 17 heavy (non-hydrogen) atoms. The zero-order valence-electron chi connectivity index (χ0n) is 10.0. The molecule has 0 bridgehead atoms. The van der Waals surface area contributed by atoms with Gasteiger partial charge < -0.3 is 10.6 Å². The number of nitrogens with two attached hydrogens (primary N) is 1. The Kier molecular flexibility index (Phi) is 5.07. The Morgan fingerprint density at radius 3 is 3.06 bits per heavy atom. The number of hydrogen-bond donors (Lipinski definition) is 1. The third-order valence-corrected chi connectivity index (χ3v) is 3.15. The lowest BCUT2D eigenvalue weighted by atomic mass is 10.2. The normalized spacial score (nSPS) is 11.9. The van der Waals surface area contributed by atoms with Crippen LogP contribution in [0.15, 0.2) is 5.38 Å². The van der Waals surface area contributed by atoms with E-state index in [-0.39, 0.29) is 11.8 Å². The summed E-state index contributed by atoms with van der Waals surface area (Å²) in [6.45, 7) is 2.73. The van der Waals surface area contributed by atoms with Crippen LogP contribution in [0.25, 0.3) is 0 Å². The Balaban J connectivity index is 2.65. The van der Waals surface area contributed by atoms with E-state index in [1.807, 2.05) is 0 Å². The first kappa shape index (κ1) is 13.6. The molecular weight excluding hydrogens is 236 g/mol. The Labute approximate surface area is 105 Å². The summed E-state index contributed by atoms with van der Waals surface area (Å²) in [4.78, 5) is 17.7. The maximum absolute atomic E-state index is 11.9. The quantitative estimate of drug-likeness (QED) is 0.843. The van der Waals surface area contributed by atoms with Gasteiger partial charge in [0.05, 0.1) is 17.0 Å². The van der Waals surface area contributed by atoms with E-state index >= 15 is 0 Å². The van der Waals surface area contributed by atoms with Gasteiger partial charge in [0.1, 0.15) is 5.69 Å². The molecule has 0 aliphatic heterocycles. The summed E-state index contributed by atoms with van der Waals surface area (Å²) in [6.07, 6.45) is 0.691. The fourth-order valence-electron chi connectivity index (χ4n) is 1.38. The fourth-order valence-corrected chi connectivity index (χ4v) is 2.17. The van der Waals surface area contributed by atoms with Crippen molar-refractivity contribution in [3.05, 3.63) is 16.1 Å². The number of carbonyl (C=O) groups excluding carboxylic acids is 1. The highest BCUT2D eigenvalue weighted by molar-refractivity contribution is 7.09. The molecule has 1 amide bonds. The first-order valence-corrected chi connectivity index (χ1v) is 6.26. The first-order chi connectivity index (χ1) is 8.08. The zero-order chi connectivity index (χ0) is 12.8. The van der Waals surface area contributed by atoms with E-state index in [9.17, 15) is 4.79 Å². The Morgan fingerprint density at radius 2 is 2.47 bits per heavy atom. The van der Waals surface area contributed by atoms with Gasteiger partial charge in [0.2, 0.25) is 0 Å².